The van der Waals surface area contributed by atoms with E-state index in [1.807, 2.05) is 30.9 Å². The number of aryl methyl sites for hydroxylation is 1. The highest BCUT2D eigenvalue weighted by Gasteiger charge is 2.25. The summed E-state index contributed by atoms with van der Waals surface area (Å²) < 4.78 is 2.02. The van der Waals surface area contributed by atoms with Gasteiger partial charge in [0.25, 0.3) is 0 Å². The second kappa shape index (κ2) is 7.45. The Kier molecular flexibility index (Phi) is 6.23. The van der Waals surface area contributed by atoms with Crippen LogP contribution in [0.25, 0.3) is 0 Å². The Morgan fingerprint density at radius 1 is 1.56 bits per heavy atom. The number of imidazole rings is 1. The molecule has 1 aromatic rings. The largest absolute Gasteiger partial charge is 0.329 e. The molecule has 0 saturated heterocycles. The van der Waals surface area contributed by atoms with E-state index in [2.05, 4.69) is 23.3 Å². The van der Waals surface area contributed by atoms with Gasteiger partial charge in [-0.25, -0.2) is 4.98 Å². The fourth-order valence-electron chi connectivity index (χ4n) is 1.93. The average Bonchev–Trinajstić information content (AvgIpc) is 2.79. The van der Waals surface area contributed by atoms with Crippen LogP contribution < -0.4 is 5.32 Å². The van der Waals surface area contributed by atoms with Crippen LogP contribution in [0, 0.1) is 11.3 Å². The van der Waals surface area contributed by atoms with Gasteiger partial charge in [0.1, 0.15) is 5.54 Å². The van der Waals surface area contributed by atoms with Crippen LogP contribution in [0.1, 0.15) is 33.1 Å². The van der Waals surface area contributed by atoms with Crippen molar-refractivity contribution in [2.75, 3.05) is 12.3 Å². The van der Waals surface area contributed by atoms with Gasteiger partial charge in [0.2, 0.25) is 0 Å². The van der Waals surface area contributed by atoms with Gasteiger partial charge >= 0.3 is 0 Å². The number of hydrogen-bond donors (Lipinski definition) is 1. The number of nitrogens with one attached hydrogen (secondary N) is 1. The van der Waals surface area contributed by atoms with Crippen molar-refractivity contribution in [1.29, 1.82) is 5.26 Å². The second-order valence-electron chi connectivity index (χ2n) is 4.35. The molecule has 1 atom stereocenters. The van der Waals surface area contributed by atoms with Crippen molar-refractivity contribution >= 4 is 11.8 Å². The van der Waals surface area contributed by atoms with Crippen molar-refractivity contribution in [2.45, 2.75) is 43.8 Å². The van der Waals surface area contributed by atoms with Crippen molar-refractivity contribution < 1.29 is 0 Å². The van der Waals surface area contributed by atoms with Crippen LogP contribution in [0.4, 0.5) is 0 Å². The lowest BCUT2D eigenvalue weighted by atomic mass is 9.92. The van der Waals surface area contributed by atoms with Crippen LogP contribution in [0.3, 0.4) is 0 Å². The summed E-state index contributed by atoms with van der Waals surface area (Å²) in [6, 6.07) is 2.43. The van der Waals surface area contributed by atoms with Crippen molar-refractivity contribution in [3.63, 3.8) is 0 Å². The molecule has 0 aliphatic carbocycles. The lowest BCUT2D eigenvalue weighted by molar-refractivity contribution is 0.379. The van der Waals surface area contributed by atoms with Crippen LogP contribution in [0.5, 0.6) is 0 Å². The van der Waals surface area contributed by atoms with Gasteiger partial charge in [0, 0.05) is 25.2 Å². The summed E-state index contributed by atoms with van der Waals surface area (Å²) in [5.41, 5.74) is -0.350. The van der Waals surface area contributed by atoms with Gasteiger partial charge in [-0.15, -0.1) is 0 Å². The number of nitrogens with zero attached hydrogens (tertiary/aromatic N) is 3. The highest BCUT2D eigenvalue weighted by Crippen LogP contribution is 2.21. The van der Waals surface area contributed by atoms with Gasteiger partial charge in [-0.05, 0) is 25.8 Å². The van der Waals surface area contributed by atoms with E-state index in [1.165, 1.54) is 0 Å². The summed E-state index contributed by atoms with van der Waals surface area (Å²) in [5.74, 6) is 1.000. The number of aromatic nitrogens is 2. The zero-order chi connectivity index (χ0) is 13.4. The maximum atomic E-state index is 9.30. The lowest BCUT2D eigenvalue weighted by Crippen LogP contribution is -2.43. The molecule has 1 rings (SSSR count). The van der Waals surface area contributed by atoms with Crippen molar-refractivity contribution in [1.82, 2.24) is 14.9 Å². The Hall–Kier alpha value is -0.990. The minimum absolute atomic E-state index is 0.350. The molecule has 100 valence electrons. The number of rotatable bonds is 8. The molecule has 5 heteroatoms. The van der Waals surface area contributed by atoms with Crippen LogP contribution in [0.2, 0.25) is 0 Å². The van der Waals surface area contributed by atoms with E-state index in [0.717, 1.165) is 36.7 Å². The maximum Gasteiger partial charge on any atom is 0.167 e. The number of nitriles is 1. The fourth-order valence-corrected chi connectivity index (χ4v) is 2.80. The molecule has 0 aliphatic rings. The van der Waals surface area contributed by atoms with E-state index in [1.54, 1.807) is 11.8 Å². The van der Waals surface area contributed by atoms with Crippen molar-refractivity contribution in [3.05, 3.63) is 12.4 Å². The Labute approximate surface area is 114 Å². The van der Waals surface area contributed by atoms with Crippen LogP contribution in [-0.4, -0.2) is 27.4 Å². The van der Waals surface area contributed by atoms with Crippen LogP contribution in [-0.2, 0) is 7.05 Å². The first-order chi connectivity index (χ1) is 8.67. The quantitative estimate of drug-likeness (QED) is 0.580. The van der Waals surface area contributed by atoms with Gasteiger partial charge in [0.05, 0.1) is 6.07 Å². The molecule has 0 radical (unpaired) electrons. The van der Waals surface area contributed by atoms with Crippen molar-refractivity contribution in [2.24, 2.45) is 7.05 Å². The van der Waals surface area contributed by atoms with E-state index >= 15 is 0 Å². The predicted octanol–water partition coefficient (Wildman–Crippen LogP) is 2.57. The molecule has 1 unspecified atom stereocenters. The third kappa shape index (κ3) is 4.04. The molecule has 1 heterocycles. The first-order valence-corrected chi connectivity index (χ1v) is 7.42. The summed E-state index contributed by atoms with van der Waals surface area (Å²) in [5, 5.41) is 13.6. The summed E-state index contributed by atoms with van der Waals surface area (Å²) in [6.45, 7) is 4.95. The van der Waals surface area contributed by atoms with E-state index in [9.17, 15) is 5.26 Å². The fraction of sp³-hybridized carbons (Fsp3) is 0.692. The van der Waals surface area contributed by atoms with Gasteiger partial charge in [-0.1, -0.05) is 25.6 Å². The standard InChI is InChI=1S/C13H22N4S/c1-4-13(11-14,16-5-2)7-6-10-18-12-15-8-9-17(12)3/h8-9,16H,4-7,10H2,1-3H3. The molecule has 18 heavy (non-hydrogen) atoms. The average molecular weight is 266 g/mol. The van der Waals surface area contributed by atoms with Crippen molar-refractivity contribution in [3.8, 4) is 6.07 Å². The van der Waals surface area contributed by atoms with E-state index < -0.39 is 0 Å². The Morgan fingerprint density at radius 3 is 2.83 bits per heavy atom. The molecule has 0 amide bonds. The predicted molar refractivity (Wildman–Crippen MR) is 75.5 cm³/mol. The van der Waals surface area contributed by atoms with Gasteiger partial charge in [-0.3, -0.25) is 5.32 Å². The highest BCUT2D eigenvalue weighted by atomic mass is 32.2. The molecule has 0 spiro atoms. The minimum atomic E-state index is -0.350. The van der Waals surface area contributed by atoms with Gasteiger partial charge in [-0.2, -0.15) is 5.26 Å². The van der Waals surface area contributed by atoms with Gasteiger partial charge < -0.3 is 4.57 Å². The molecule has 1 N–H and O–H groups in total. The Bertz CT molecular complexity index is 396. The zero-order valence-electron chi connectivity index (χ0n) is 11.4. The number of hydrogen-bond acceptors (Lipinski definition) is 4. The molecule has 0 aromatic carbocycles. The summed E-state index contributed by atoms with van der Waals surface area (Å²) in [4.78, 5) is 4.27. The SMILES string of the molecule is CCNC(C#N)(CC)CCCSc1nccn1C. The maximum absolute atomic E-state index is 9.30. The molecule has 0 saturated carbocycles. The van der Waals surface area contributed by atoms with E-state index in [-0.39, 0.29) is 5.54 Å². The molecule has 0 fully saturated rings. The third-order valence-electron chi connectivity index (χ3n) is 3.09. The first kappa shape index (κ1) is 15.1. The Balaban J connectivity index is 2.36. The molecule has 0 aliphatic heterocycles. The molecular weight excluding hydrogens is 244 g/mol. The summed E-state index contributed by atoms with van der Waals surface area (Å²) in [7, 11) is 2.00. The first-order valence-electron chi connectivity index (χ1n) is 6.44. The topological polar surface area (TPSA) is 53.6 Å². The lowest BCUT2D eigenvalue weighted by Gasteiger charge is -2.25. The second-order valence-corrected chi connectivity index (χ2v) is 5.41. The number of thioether (sulfide) groups is 1. The summed E-state index contributed by atoms with van der Waals surface area (Å²) in [6.07, 6.45) is 6.53. The van der Waals surface area contributed by atoms with E-state index in [0.29, 0.717) is 0 Å². The molecule has 4 nitrogen and oxygen atoms in total. The zero-order valence-corrected chi connectivity index (χ0v) is 12.3. The minimum Gasteiger partial charge on any atom is -0.329 e. The van der Waals surface area contributed by atoms with Crippen LogP contribution in [0.15, 0.2) is 17.6 Å². The normalized spacial score (nSPS) is 14.1. The highest BCUT2D eigenvalue weighted by molar-refractivity contribution is 7.99. The Morgan fingerprint density at radius 2 is 2.33 bits per heavy atom. The van der Waals surface area contributed by atoms with Crippen LogP contribution >= 0.6 is 11.8 Å². The van der Waals surface area contributed by atoms with E-state index in [4.69, 9.17) is 0 Å². The molecular formula is C13H22N4S. The smallest absolute Gasteiger partial charge is 0.167 e. The van der Waals surface area contributed by atoms with Gasteiger partial charge in [0.15, 0.2) is 5.16 Å². The third-order valence-corrected chi connectivity index (χ3v) is 4.23. The monoisotopic (exact) mass is 266 g/mol. The molecule has 0 bridgehead atoms. The molecule has 1 aromatic heterocycles. The summed E-state index contributed by atoms with van der Waals surface area (Å²) >= 11 is 1.75.